The zero-order valence-electron chi connectivity index (χ0n) is 25.8. The lowest BCUT2D eigenvalue weighted by atomic mass is 9.41. The quantitative estimate of drug-likeness (QED) is 0.419. The van der Waals surface area contributed by atoms with E-state index in [2.05, 4.69) is 34.6 Å². The predicted octanol–water partition coefficient (Wildman–Crippen LogP) is 5.22. The third kappa shape index (κ3) is 3.38. The molecular weight excluding hydrogens is 490 g/mol. The van der Waals surface area contributed by atoms with Gasteiger partial charge >= 0.3 is 5.97 Å². The minimum absolute atomic E-state index is 0.0208. The smallest absolute Gasteiger partial charge is 0.305 e. The van der Waals surface area contributed by atoms with Crippen LogP contribution in [0.3, 0.4) is 0 Å². The van der Waals surface area contributed by atoms with Crippen LogP contribution < -0.4 is 5.73 Å². The van der Waals surface area contributed by atoms with E-state index in [1.54, 1.807) is 20.8 Å². The van der Waals surface area contributed by atoms with Crippen LogP contribution in [-0.4, -0.2) is 52.2 Å². The lowest BCUT2D eigenvalue weighted by molar-refractivity contribution is -0.211. The number of aliphatic hydroxyl groups excluding tert-OH is 1. The minimum atomic E-state index is -1.20. The van der Waals surface area contributed by atoms with E-state index in [0.717, 1.165) is 12.8 Å². The third-order valence-corrected chi connectivity index (χ3v) is 14.5. The van der Waals surface area contributed by atoms with Gasteiger partial charge in [-0.2, -0.15) is 0 Å². The van der Waals surface area contributed by atoms with Gasteiger partial charge in [0.05, 0.1) is 23.9 Å². The molecule has 6 fully saturated rings. The standard InChI is InChI=1S/C33H55NO5/c1-9-23(36)39-27(29(5,6)37)19-16-18(2)24-25(38-19)26(34)31(8)21-11-10-20-28(3,4)22(35)12-13-32(20)17-33(21,32)15-14-30(24,31)7/h18-22,24-27,35,37H,9-17,34H2,1-8H3/t18-,19-,20+,21+,22+,24?,25?,26?,27+,30-,31-,32-,33+/m1/s1. The molecule has 1 saturated heterocycles. The summed E-state index contributed by atoms with van der Waals surface area (Å²) in [7, 11) is 0. The van der Waals surface area contributed by atoms with Crippen LogP contribution in [0.15, 0.2) is 0 Å². The number of aliphatic hydroxyl groups is 2. The number of nitrogens with two attached hydrogens (primary N) is 1. The van der Waals surface area contributed by atoms with Crippen molar-refractivity contribution in [1.29, 1.82) is 0 Å². The van der Waals surface area contributed by atoms with Crippen molar-refractivity contribution in [2.24, 2.45) is 56.5 Å². The molecule has 0 aromatic rings. The van der Waals surface area contributed by atoms with E-state index in [-0.39, 0.29) is 53.0 Å². The summed E-state index contributed by atoms with van der Waals surface area (Å²) in [5, 5.41) is 22.0. The minimum Gasteiger partial charge on any atom is -0.457 e. The van der Waals surface area contributed by atoms with Crippen molar-refractivity contribution in [2.75, 3.05) is 0 Å². The van der Waals surface area contributed by atoms with Crippen molar-refractivity contribution in [3.05, 3.63) is 0 Å². The molecule has 0 aromatic carbocycles. The highest BCUT2D eigenvalue weighted by Gasteiger charge is 2.84. The summed E-state index contributed by atoms with van der Waals surface area (Å²) < 4.78 is 12.8. The van der Waals surface area contributed by atoms with Crippen LogP contribution >= 0.6 is 0 Å². The number of carbonyl (C=O) groups is 1. The zero-order chi connectivity index (χ0) is 28.6. The molecule has 0 bridgehead atoms. The first-order valence-corrected chi connectivity index (χ1v) is 16.0. The molecule has 0 amide bonds. The first-order valence-electron chi connectivity index (χ1n) is 16.0. The maximum absolute atomic E-state index is 12.3. The van der Waals surface area contributed by atoms with Gasteiger partial charge in [-0.3, -0.25) is 4.79 Å². The van der Waals surface area contributed by atoms with Crippen LogP contribution in [0.2, 0.25) is 0 Å². The van der Waals surface area contributed by atoms with Gasteiger partial charge in [0, 0.05) is 12.5 Å². The van der Waals surface area contributed by atoms with Crippen LogP contribution in [0.1, 0.15) is 113 Å². The molecule has 6 nitrogen and oxygen atoms in total. The van der Waals surface area contributed by atoms with E-state index >= 15 is 0 Å². The summed E-state index contributed by atoms with van der Waals surface area (Å²) in [4.78, 5) is 12.3. The Morgan fingerprint density at radius 1 is 1.08 bits per heavy atom. The van der Waals surface area contributed by atoms with E-state index in [9.17, 15) is 15.0 Å². The summed E-state index contributed by atoms with van der Waals surface area (Å²) >= 11 is 0. The third-order valence-electron chi connectivity index (χ3n) is 14.5. The molecule has 1 aliphatic heterocycles. The second kappa shape index (κ2) is 8.45. The van der Waals surface area contributed by atoms with E-state index in [4.69, 9.17) is 15.2 Å². The normalized spacial score (nSPS) is 54.3. The molecule has 6 aliphatic rings. The largest absolute Gasteiger partial charge is 0.457 e. The van der Waals surface area contributed by atoms with Crippen LogP contribution in [0.25, 0.3) is 0 Å². The highest BCUT2D eigenvalue weighted by atomic mass is 16.6. The predicted molar refractivity (Wildman–Crippen MR) is 151 cm³/mol. The topological polar surface area (TPSA) is 102 Å². The molecular formula is C33H55NO5. The first-order chi connectivity index (χ1) is 18.0. The molecule has 4 N–H and O–H groups in total. The van der Waals surface area contributed by atoms with E-state index < -0.39 is 11.7 Å². The Morgan fingerprint density at radius 2 is 1.72 bits per heavy atom. The molecule has 3 unspecified atom stereocenters. The molecule has 1 heterocycles. The molecule has 0 aromatic heterocycles. The van der Waals surface area contributed by atoms with Crippen molar-refractivity contribution in [3.8, 4) is 0 Å². The number of hydrogen-bond acceptors (Lipinski definition) is 6. The van der Waals surface area contributed by atoms with Crippen LogP contribution in [0.4, 0.5) is 0 Å². The number of esters is 1. The first kappa shape index (κ1) is 28.4. The Labute approximate surface area is 236 Å². The van der Waals surface area contributed by atoms with Gasteiger partial charge < -0.3 is 25.4 Å². The summed E-state index contributed by atoms with van der Waals surface area (Å²) in [5.41, 5.74) is 6.95. The Morgan fingerprint density at radius 3 is 2.36 bits per heavy atom. The van der Waals surface area contributed by atoms with Crippen LogP contribution in [-0.2, 0) is 14.3 Å². The summed E-state index contributed by atoms with van der Waals surface area (Å²) in [6, 6.07) is -0.0966. The number of hydrogen-bond donors (Lipinski definition) is 3. The molecule has 13 atom stereocenters. The summed E-state index contributed by atoms with van der Waals surface area (Å²) in [6.45, 7) is 17.2. The van der Waals surface area contributed by atoms with Gasteiger partial charge in [-0.05, 0) is 116 Å². The summed E-state index contributed by atoms with van der Waals surface area (Å²) in [5.74, 6) is 1.58. The van der Waals surface area contributed by atoms with Gasteiger partial charge in [-0.25, -0.2) is 0 Å². The second-order valence-corrected chi connectivity index (χ2v) is 16.6. The van der Waals surface area contributed by atoms with Gasteiger partial charge in [-0.15, -0.1) is 0 Å². The summed E-state index contributed by atoms with van der Waals surface area (Å²) in [6.07, 6.45) is 7.91. The maximum atomic E-state index is 12.3. The Hall–Kier alpha value is -0.690. The Kier molecular flexibility index (Phi) is 6.16. The van der Waals surface area contributed by atoms with Crippen LogP contribution in [0, 0.1) is 50.7 Å². The zero-order valence-corrected chi connectivity index (χ0v) is 25.8. The molecule has 0 radical (unpaired) electrons. The fourth-order valence-electron chi connectivity index (χ4n) is 12.5. The number of carbonyl (C=O) groups excluding carboxylic acids is 1. The van der Waals surface area contributed by atoms with E-state index in [1.165, 1.54) is 38.5 Å². The number of ether oxygens (including phenoxy) is 2. The van der Waals surface area contributed by atoms with Gasteiger partial charge in [-0.1, -0.05) is 41.5 Å². The molecule has 2 spiro atoms. The fourth-order valence-corrected chi connectivity index (χ4v) is 12.5. The second-order valence-electron chi connectivity index (χ2n) is 16.6. The van der Waals surface area contributed by atoms with Gasteiger partial charge in [0.1, 0.15) is 0 Å². The highest BCUT2D eigenvalue weighted by molar-refractivity contribution is 5.69. The SMILES string of the molecule is CCC(=O)O[C@@H]([C@H]1C[C@@H](C)C2C(O1)C(N)[C@@]1(C)[C@@H]3CC[C@H]4C(C)(C)[C@@H](O)CC[C@@]45C[C@@]35CC[C@]21C)C(C)(C)O. The number of rotatable bonds is 4. The average molecular weight is 546 g/mol. The lowest BCUT2D eigenvalue weighted by Gasteiger charge is -2.63. The number of fused-ring (bicyclic) bond motifs is 4. The molecule has 6 rings (SSSR count). The lowest BCUT2D eigenvalue weighted by Crippen LogP contribution is -2.61. The van der Waals surface area contributed by atoms with Crippen molar-refractivity contribution in [1.82, 2.24) is 0 Å². The van der Waals surface area contributed by atoms with Crippen molar-refractivity contribution in [2.45, 2.75) is 149 Å². The van der Waals surface area contributed by atoms with Gasteiger partial charge in [0.15, 0.2) is 6.10 Å². The fraction of sp³-hybridized carbons (Fsp3) is 0.970. The Bertz CT molecular complexity index is 1020. The molecule has 222 valence electrons. The molecule has 5 saturated carbocycles. The van der Waals surface area contributed by atoms with E-state index in [0.29, 0.717) is 34.5 Å². The Balaban J connectivity index is 1.34. The van der Waals surface area contributed by atoms with Crippen molar-refractivity contribution < 1.29 is 24.5 Å². The maximum Gasteiger partial charge on any atom is 0.305 e. The van der Waals surface area contributed by atoms with Crippen molar-refractivity contribution in [3.63, 3.8) is 0 Å². The van der Waals surface area contributed by atoms with E-state index in [1.807, 2.05) is 0 Å². The highest BCUT2D eigenvalue weighted by Crippen LogP contribution is 2.89. The van der Waals surface area contributed by atoms with Gasteiger partial charge in [0.2, 0.25) is 0 Å². The molecule has 5 aliphatic carbocycles. The average Bonchev–Trinajstić information content (AvgIpc) is 3.49. The monoisotopic (exact) mass is 545 g/mol. The molecule has 6 heteroatoms. The molecule has 39 heavy (non-hydrogen) atoms. The van der Waals surface area contributed by atoms with Crippen molar-refractivity contribution >= 4 is 5.97 Å². The van der Waals surface area contributed by atoms with Gasteiger partial charge in [0.25, 0.3) is 0 Å². The van der Waals surface area contributed by atoms with Crippen LogP contribution in [0.5, 0.6) is 0 Å².